The maximum Gasteiger partial charge on any atom is 0.420 e. The number of amides is 1. The molecule has 2 aromatic rings. The summed E-state index contributed by atoms with van der Waals surface area (Å²) in [5.41, 5.74) is -0.617. The van der Waals surface area contributed by atoms with Crippen LogP contribution < -0.4 is 10.1 Å². The molecular formula is C20H18F3NO2. The van der Waals surface area contributed by atoms with Crippen molar-refractivity contribution in [1.82, 2.24) is 0 Å². The van der Waals surface area contributed by atoms with Gasteiger partial charge in [0.05, 0.1) is 11.0 Å². The Morgan fingerprint density at radius 3 is 2.46 bits per heavy atom. The predicted molar refractivity (Wildman–Crippen MR) is 93.1 cm³/mol. The molecule has 1 fully saturated rings. The minimum Gasteiger partial charge on any atom is -0.489 e. The minimum atomic E-state index is -4.59. The van der Waals surface area contributed by atoms with Crippen LogP contribution in [0.4, 0.5) is 18.9 Å². The lowest BCUT2D eigenvalue weighted by Crippen LogP contribution is -2.28. The Morgan fingerprint density at radius 1 is 1.19 bits per heavy atom. The standard InChI is InChI=1S/C20H18F3NO2/c1-2-12-26-17-9-8-15(13-16(17)20(21,22)23)24-18(25)19(10-11-19)14-6-4-3-5-7-14/h2-9,13H,1,10-12H2,(H,24,25). The van der Waals surface area contributed by atoms with Gasteiger partial charge in [0.1, 0.15) is 12.4 Å². The summed E-state index contributed by atoms with van der Waals surface area (Å²) in [5.74, 6) is -0.587. The first-order valence-corrected chi connectivity index (χ1v) is 8.19. The number of nitrogens with one attached hydrogen (secondary N) is 1. The summed E-state index contributed by atoms with van der Waals surface area (Å²) in [6.07, 6.45) is -1.87. The third-order valence-corrected chi connectivity index (χ3v) is 4.41. The van der Waals surface area contributed by atoms with Crippen LogP contribution in [0.1, 0.15) is 24.0 Å². The summed E-state index contributed by atoms with van der Waals surface area (Å²) >= 11 is 0. The van der Waals surface area contributed by atoms with Crippen molar-refractivity contribution in [3.8, 4) is 5.75 Å². The van der Waals surface area contributed by atoms with Crippen molar-refractivity contribution in [2.24, 2.45) is 0 Å². The fraction of sp³-hybridized carbons (Fsp3) is 0.250. The molecule has 136 valence electrons. The normalized spacial score (nSPS) is 15.2. The van der Waals surface area contributed by atoms with Crippen LogP contribution in [-0.4, -0.2) is 12.5 Å². The van der Waals surface area contributed by atoms with Crippen molar-refractivity contribution >= 4 is 11.6 Å². The SMILES string of the molecule is C=CCOc1ccc(NC(=O)C2(c3ccccc3)CC2)cc1C(F)(F)F. The molecule has 0 aromatic heterocycles. The van der Waals surface area contributed by atoms with Gasteiger partial charge in [0.15, 0.2) is 0 Å². The first-order chi connectivity index (χ1) is 12.4. The molecule has 6 heteroatoms. The zero-order chi connectivity index (χ0) is 18.8. The number of alkyl halides is 3. The summed E-state index contributed by atoms with van der Waals surface area (Å²) < 4.78 is 44.9. The molecule has 0 spiro atoms. The lowest BCUT2D eigenvalue weighted by molar-refractivity contribution is -0.138. The lowest BCUT2D eigenvalue weighted by Gasteiger charge is -2.18. The Balaban J connectivity index is 1.84. The molecule has 0 saturated heterocycles. The summed E-state index contributed by atoms with van der Waals surface area (Å²) in [6.45, 7) is 3.39. The maximum atomic E-state index is 13.3. The molecule has 3 rings (SSSR count). The van der Waals surface area contributed by atoms with E-state index < -0.39 is 17.2 Å². The molecule has 0 radical (unpaired) electrons. The van der Waals surface area contributed by atoms with E-state index >= 15 is 0 Å². The Labute approximate surface area is 149 Å². The van der Waals surface area contributed by atoms with Crippen LogP contribution in [0.3, 0.4) is 0 Å². The van der Waals surface area contributed by atoms with Gasteiger partial charge in [-0.1, -0.05) is 43.0 Å². The second kappa shape index (κ2) is 6.86. The van der Waals surface area contributed by atoms with Gasteiger partial charge in [-0.3, -0.25) is 4.79 Å². The fourth-order valence-electron chi connectivity index (χ4n) is 2.88. The van der Waals surface area contributed by atoms with Crippen LogP contribution in [0, 0.1) is 0 Å². The number of hydrogen-bond donors (Lipinski definition) is 1. The molecule has 2 aromatic carbocycles. The van der Waals surface area contributed by atoms with Gasteiger partial charge in [-0.25, -0.2) is 0 Å². The van der Waals surface area contributed by atoms with Gasteiger partial charge in [0, 0.05) is 5.69 Å². The van der Waals surface area contributed by atoms with Crippen LogP contribution in [0.15, 0.2) is 61.2 Å². The van der Waals surface area contributed by atoms with E-state index in [1.54, 1.807) is 0 Å². The molecule has 0 aliphatic heterocycles. The second-order valence-corrected chi connectivity index (χ2v) is 6.21. The summed E-state index contributed by atoms with van der Waals surface area (Å²) in [5, 5.41) is 2.62. The molecule has 0 heterocycles. The molecule has 1 aliphatic carbocycles. The molecule has 0 atom stereocenters. The Bertz CT molecular complexity index is 812. The van der Waals surface area contributed by atoms with Crippen molar-refractivity contribution in [3.05, 3.63) is 72.3 Å². The highest BCUT2D eigenvalue weighted by atomic mass is 19.4. The van der Waals surface area contributed by atoms with Gasteiger partial charge in [0.25, 0.3) is 0 Å². The number of rotatable bonds is 6. The summed E-state index contributed by atoms with van der Waals surface area (Å²) in [7, 11) is 0. The molecule has 1 N–H and O–H groups in total. The molecule has 1 saturated carbocycles. The van der Waals surface area contributed by atoms with E-state index in [9.17, 15) is 18.0 Å². The molecule has 0 unspecified atom stereocenters. The largest absolute Gasteiger partial charge is 0.489 e. The van der Waals surface area contributed by atoms with Crippen LogP contribution in [0.5, 0.6) is 5.75 Å². The Kier molecular flexibility index (Phi) is 4.76. The number of halogens is 3. The van der Waals surface area contributed by atoms with E-state index in [1.807, 2.05) is 30.3 Å². The lowest BCUT2D eigenvalue weighted by atomic mass is 9.95. The minimum absolute atomic E-state index is 0.0358. The number of anilines is 1. The molecular weight excluding hydrogens is 343 g/mol. The summed E-state index contributed by atoms with van der Waals surface area (Å²) in [4.78, 5) is 12.7. The van der Waals surface area contributed by atoms with E-state index in [-0.39, 0.29) is 24.0 Å². The second-order valence-electron chi connectivity index (χ2n) is 6.21. The van der Waals surface area contributed by atoms with Gasteiger partial charge < -0.3 is 10.1 Å². The van der Waals surface area contributed by atoms with Crippen LogP contribution in [-0.2, 0) is 16.4 Å². The van der Waals surface area contributed by atoms with Gasteiger partial charge in [-0.05, 0) is 36.6 Å². The van der Waals surface area contributed by atoms with Crippen molar-refractivity contribution in [1.29, 1.82) is 0 Å². The molecule has 26 heavy (non-hydrogen) atoms. The predicted octanol–water partition coefficient (Wildman–Crippen LogP) is 4.94. The number of hydrogen-bond acceptors (Lipinski definition) is 2. The highest BCUT2D eigenvalue weighted by Crippen LogP contribution is 2.49. The van der Waals surface area contributed by atoms with Gasteiger partial charge in [0.2, 0.25) is 5.91 Å². The fourth-order valence-corrected chi connectivity index (χ4v) is 2.88. The molecule has 3 nitrogen and oxygen atoms in total. The van der Waals surface area contributed by atoms with E-state index in [4.69, 9.17) is 4.74 Å². The highest BCUT2D eigenvalue weighted by molar-refractivity contribution is 6.01. The van der Waals surface area contributed by atoms with E-state index in [0.29, 0.717) is 12.8 Å². The van der Waals surface area contributed by atoms with Crippen LogP contribution in [0.2, 0.25) is 0 Å². The van der Waals surface area contributed by atoms with Crippen molar-refractivity contribution < 1.29 is 22.7 Å². The average molecular weight is 361 g/mol. The van der Waals surface area contributed by atoms with Crippen molar-refractivity contribution in [2.75, 3.05) is 11.9 Å². The smallest absolute Gasteiger partial charge is 0.420 e. The van der Waals surface area contributed by atoms with E-state index in [1.165, 1.54) is 18.2 Å². The van der Waals surface area contributed by atoms with Crippen molar-refractivity contribution in [3.63, 3.8) is 0 Å². The molecule has 1 amide bonds. The maximum absolute atomic E-state index is 13.3. The van der Waals surface area contributed by atoms with Crippen molar-refractivity contribution in [2.45, 2.75) is 24.4 Å². The van der Waals surface area contributed by atoms with Crippen LogP contribution in [0.25, 0.3) is 0 Å². The van der Waals surface area contributed by atoms with Crippen LogP contribution >= 0.6 is 0 Å². The third-order valence-electron chi connectivity index (χ3n) is 4.41. The topological polar surface area (TPSA) is 38.3 Å². The number of carbonyl (C=O) groups is 1. The van der Waals surface area contributed by atoms with Gasteiger partial charge in [-0.15, -0.1) is 0 Å². The van der Waals surface area contributed by atoms with Gasteiger partial charge in [-0.2, -0.15) is 13.2 Å². The van der Waals surface area contributed by atoms with Gasteiger partial charge >= 0.3 is 6.18 Å². The highest BCUT2D eigenvalue weighted by Gasteiger charge is 2.51. The quantitative estimate of drug-likeness (QED) is 0.740. The first kappa shape index (κ1) is 18.0. The van der Waals surface area contributed by atoms with E-state index in [0.717, 1.165) is 11.6 Å². The third kappa shape index (κ3) is 3.59. The average Bonchev–Trinajstić information content (AvgIpc) is 3.42. The monoisotopic (exact) mass is 361 g/mol. The zero-order valence-corrected chi connectivity index (χ0v) is 14.0. The summed E-state index contributed by atoms with van der Waals surface area (Å²) in [6, 6.07) is 12.8. The first-order valence-electron chi connectivity index (χ1n) is 8.19. The van der Waals surface area contributed by atoms with E-state index in [2.05, 4.69) is 11.9 Å². The number of carbonyl (C=O) groups excluding carboxylic acids is 1. The Hall–Kier alpha value is -2.76. The Morgan fingerprint density at radius 2 is 1.88 bits per heavy atom. The number of ether oxygens (including phenoxy) is 1. The number of benzene rings is 2. The molecule has 1 aliphatic rings. The zero-order valence-electron chi connectivity index (χ0n) is 14.0. The molecule has 0 bridgehead atoms.